The van der Waals surface area contributed by atoms with Crippen molar-refractivity contribution < 1.29 is 14.7 Å². The van der Waals surface area contributed by atoms with Gasteiger partial charge in [-0.15, -0.1) is 0 Å². The fourth-order valence-electron chi connectivity index (χ4n) is 3.71. The topological polar surface area (TPSA) is 60.9 Å². The van der Waals surface area contributed by atoms with E-state index in [-0.39, 0.29) is 23.8 Å². The minimum atomic E-state index is -0.266. The van der Waals surface area contributed by atoms with Crippen LogP contribution < -0.4 is 4.90 Å². The number of aliphatic hydroxyl groups excluding tert-OH is 1. The van der Waals surface area contributed by atoms with Crippen LogP contribution in [0.25, 0.3) is 0 Å². The molecule has 1 N–H and O–H groups in total. The third-order valence-corrected chi connectivity index (χ3v) is 5.23. The van der Waals surface area contributed by atoms with Gasteiger partial charge in [0.15, 0.2) is 0 Å². The van der Waals surface area contributed by atoms with Crippen molar-refractivity contribution in [1.82, 2.24) is 4.90 Å². The molecule has 5 nitrogen and oxygen atoms in total. The van der Waals surface area contributed by atoms with Crippen molar-refractivity contribution in [2.45, 2.75) is 44.6 Å². The number of amides is 2. The molecule has 5 heteroatoms. The van der Waals surface area contributed by atoms with Gasteiger partial charge in [0.1, 0.15) is 0 Å². The summed E-state index contributed by atoms with van der Waals surface area (Å²) in [7, 11) is 1.81. The van der Waals surface area contributed by atoms with Gasteiger partial charge in [-0.25, -0.2) is 0 Å². The minimum absolute atomic E-state index is 0.0686. The van der Waals surface area contributed by atoms with E-state index >= 15 is 0 Å². The third kappa shape index (κ3) is 3.78. The number of benzene rings is 1. The van der Waals surface area contributed by atoms with Gasteiger partial charge in [-0.2, -0.15) is 0 Å². The summed E-state index contributed by atoms with van der Waals surface area (Å²) in [5, 5.41) is 9.89. The van der Waals surface area contributed by atoms with Gasteiger partial charge in [0.2, 0.25) is 11.8 Å². The maximum atomic E-state index is 12.4. The van der Waals surface area contributed by atoms with Crippen LogP contribution in [-0.4, -0.2) is 48.1 Å². The van der Waals surface area contributed by atoms with Crippen LogP contribution in [0.2, 0.25) is 0 Å². The number of hydrogen-bond donors (Lipinski definition) is 1. The predicted octanol–water partition coefficient (Wildman–Crippen LogP) is 1.98. The molecule has 0 aromatic heterocycles. The Kier molecular flexibility index (Phi) is 5.19. The van der Waals surface area contributed by atoms with Crippen LogP contribution in [-0.2, 0) is 16.0 Å². The first-order valence-corrected chi connectivity index (χ1v) is 8.86. The van der Waals surface area contributed by atoms with Crippen molar-refractivity contribution >= 4 is 17.5 Å². The Labute approximate surface area is 143 Å². The predicted molar refractivity (Wildman–Crippen MR) is 92.7 cm³/mol. The molecule has 1 aromatic carbocycles. The van der Waals surface area contributed by atoms with Gasteiger partial charge >= 0.3 is 0 Å². The summed E-state index contributed by atoms with van der Waals surface area (Å²) >= 11 is 0. The van der Waals surface area contributed by atoms with Crippen molar-refractivity contribution in [3.8, 4) is 0 Å². The van der Waals surface area contributed by atoms with E-state index in [0.717, 1.165) is 43.5 Å². The molecule has 1 saturated heterocycles. The number of carbonyl (C=O) groups excluding carboxylic acids is 2. The standard InChI is InChI=1S/C19H26N2O3/c1-20(13-15-4-2-5-17(15)22)19(24)12-14-7-9-16(10-8-14)21-11-3-6-18(21)23/h7-10,15,17,22H,2-6,11-13H2,1H3/t15-,17-/m1/s1. The Balaban J connectivity index is 1.55. The molecule has 24 heavy (non-hydrogen) atoms. The van der Waals surface area contributed by atoms with Crippen molar-refractivity contribution in [2.24, 2.45) is 5.92 Å². The number of rotatable bonds is 5. The van der Waals surface area contributed by atoms with Crippen LogP contribution in [0.15, 0.2) is 24.3 Å². The largest absolute Gasteiger partial charge is 0.393 e. The molecule has 0 bridgehead atoms. The van der Waals surface area contributed by atoms with Crippen molar-refractivity contribution in [2.75, 3.05) is 25.0 Å². The summed E-state index contributed by atoms with van der Waals surface area (Å²) in [6, 6.07) is 7.70. The zero-order chi connectivity index (χ0) is 17.1. The van der Waals surface area contributed by atoms with E-state index in [1.807, 2.05) is 31.3 Å². The normalized spacial score (nSPS) is 23.8. The monoisotopic (exact) mass is 330 g/mol. The second-order valence-electron chi connectivity index (χ2n) is 7.02. The average molecular weight is 330 g/mol. The SMILES string of the molecule is CN(C[C@H]1CCC[C@H]1O)C(=O)Cc1ccc(N2CCCC2=O)cc1. The summed E-state index contributed by atoms with van der Waals surface area (Å²) in [4.78, 5) is 27.7. The Morgan fingerprint density at radius 3 is 2.58 bits per heavy atom. The van der Waals surface area contributed by atoms with Gasteiger partial charge in [0, 0.05) is 38.2 Å². The fraction of sp³-hybridized carbons (Fsp3) is 0.579. The first-order chi connectivity index (χ1) is 11.5. The van der Waals surface area contributed by atoms with Crippen LogP contribution in [0.1, 0.15) is 37.7 Å². The van der Waals surface area contributed by atoms with Gasteiger partial charge in [0.05, 0.1) is 12.5 Å². The number of carbonyl (C=O) groups is 2. The van der Waals surface area contributed by atoms with Crippen LogP contribution in [0.4, 0.5) is 5.69 Å². The molecule has 2 aliphatic rings. The van der Waals surface area contributed by atoms with Gasteiger partial charge in [0.25, 0.3) is 0 Å². The molecule has 1 aliphatic heterocycles. The average Bonchev–Trinajstić information content (AvgIpc) is 3.17. The minimum Gasteiger partial charge on any atom is -0.393 e. The summed E-state index contributed by atoms with van der Waals surface area (Å²) in [5.41, 5.74) is 1.87. The van der Waals surface area contributed by atoms with Crippen LogP contribution in [0.3, 0.4) is 0 Å². The van der Waals surface area contributed by atoms with Crippen LogP contribution in [0, 0.1) is 5.92 Å². The zero-order valence-electron chi connectivity index (χ0n) is 14.3. The molecule has 1 aromatic rings. The summed E-state index contributed by atoms with van der Waals surface area (Å²) < 4.78 is 0. The lowest BCUT2D eigenvalue weighted by atomic mass is 10.0. The number of anilines is 1. The molecule has 2 fully saturated rings. The van der Waals surface area contributed by atoms with E-state index in [1.54, 1.807) is 9.80 Å². The lowest BCUT2D eigenvalue weighted by molar-refractivity contribution is -0.130. The number of likely N-dealkylation sites (N-methyl/N-ethyl adjacent to an activating group) is 1. The quantitative estimate of drug-likeness (QED) is 0.898. The van der Waals surface area contributed by atoms with E-state index in [2.05, 4.69) is 0 Å². The summed E-state index contributed by atoms with van der Waals surface area (Å²) in [6.07, 6.45) is 4.52. The molecule has 3 rings (SSSR count). The first-order valence-electron chi connectivity index (χ1n) is 8.86. The number of nitrogens with zero attached hydrogens (tertiary/aromatic N) is 2. The molecule has 130 valence electrons. The Bertz CT molecular complexity index is 599. The Hall–Kier alpha value is -1.88. The summed E-state index contributed by atoms with van der Waals surface area (Å²) in [5.74, 6) is 0.454. The molecular weight excluding hydrogens is 304 g/mol. The van der Waals surface area contributed by atoms with Crippen LogP contribution in [0.5, 0.6) is 0 Å². The molecule has 0 unspecified atom stereocenters. The number of aliphatic hydroxyl groups is 1. The Morgan fingerprint density at radius 1 is 1.25 bits per heavy atom. The maximum absolute atomic E-state index is 12.4. The molecule has 2 amide bonds. The highest BCUT2D eigenvalue weighted by molar-refractivity contribution is 5.95. The van der Waals surface area contributed by atoms with Crippen LogP contribution >= 0.6 is 0 Å². The smallest absolute Gasteiger partial charge is 0.227 e. The molecule has 1 heterocycles. The van der Waals surface area contributed by atoms with E-state index in [1.165, 1.54) is 0 Å². The lowest BCUT2D eigenvalue weighted by Crippen LogP contribution is -2.35. The highest BCUT2D eigenvalue weighted by atomic mass is 16.3. The first kappa shape index (κ1) is 17.0. The highest BCUT2D eigenvalue weighted by Gasteiger charge is 2.27. The van der Waals surface area contributed by atoms with E-state index < -0.39 is 0 Å². The molecule has 1 aliphatic carbocycles. The molecular formula is C19H26N2O3. The van der Waals surface area contributed by atoms with Gasteiger partial charge in [-0.3, -0.25) is 9.59 Å². The highest BCUT2D eigenvalue weighted by Crippen LogP contribution is 2.26. The van der Waals surface area contributed by atoms with Gasteiger partial charge in [-0.1, -0.05) is 18.6 Å². The third-order valence-electron chi connectivity index (χ3n) is 5.23. The van der Waals surface area contributed by atoms with Crippen molar-refractivity contribution in [3.63, 3.8) is 0 Å². The second-order valence-corrected chi connectivity index (χ2v) is 7.02. The van der Waals surface area contributed by atoms with E-state index in [4.69, 9.17) is 0 Å². The van der Waals surface area contributed by atoms with E-state index in [9.17, 15) is 14.7 Å². The lowest BCUT2D eigenvalue weighted by Gasteiger charge is -2.23. The second kappa shape index (κ2) is 7.34. The van der Waals surface area contributed by atoms with E-state index in [0.29, 0.717) is 19.4 Å². The maximum Gasteiger partial charge on any atom is 0.227 e. The molecule has 0 radical (unpaired) electrons. The Morgan fingerprint density at radius 2 is 2.00 bits per heavy atom. The number of hydrogen-bond acceptors (Lipinski definition) is 3. The van der Waals surface area contributed by atoms with Crippen molar-refractivity contribution in [3.05, 3.63) is 29.8 Å². The molecule has 2 atom stereocenters. The van der Waals surface area contributed by atoms with Crippen molar-refractivity contribution in [1.29, 1.82) is 0 Å². The van der Waals surface area contributed by atoms with Gasteiger partial charge < -0.3 is 14.9 Å². The summed E-state index contributed by atoms with van der Waals surface area (Å²) in [6.45, 7) is 1.41. The fourth-order valence-corrected chi connectivity index (χ4v) is 3.71. The molecule has 1 saturated carbocycles. The molecule has 0 spiro atoms. The zero-order valence-corrected chi connectivity index (χ0v) is 14.3. The van der Waals surface area contributed by atoms with Gasteiger partial charge in [-0.05, 0) is 37.0 Å².